The number of rotatable bonds is 14. The van der Waals surface area contributed by atoms with E-state index in [0.29, 0.717) is 24.6 Å². The number of nitrogens with one attached hydrogen (secondary N) is 1. The van der Waals surface area contributed by atoms with Gasteiger partial charge in [-0.3, -0.25) is 13.9 Å². The number of halogens is 1. The lowest BCUT2D eigenvalue weighted by molar-refractivity contribution is -0.139. The van der Waals surface area contributed by atoms with Crippen molar-refractivity contribution in [3.8, 4) is 5.75 Å². The van der Waals surface area contributed by atoms with Gasteiger partial charge in [0.05, 0.1) is 17.2 Å². The van der Waals surface area contributed by atoms with Crippen LogP contribution in [0.4, 0.5) is 5.69 Å². The number of anilines is 1. The Morgan fingerprint density at radius 2 is 1.67 bits per heavy atom. The SMILES string of the molecule is CCOc1ccc(N(CC(=O)N(Cc2cccc(Br)c2)[C@H](C)C(=O)NCC(C)C)S(=O)(=O)c2ccc(SC)cc2)cc1. The summed E-state index contributed by atoms with van der Waals surface area (Å²) >= 11 is 4.97. The number of hydrogen-bond donors (Lipinski definition) is 1. The maximum absolute atomic E-state index is 14.0. The van der Waals surface area contributed by atoms with Crippen molar-refractivity contribution in [2.45, 2.75) is 50.1 Å². The second-order valence-corrected chi connectivity index (χ2v) is 13.7. The summed E-state index contributed by atoms with van der Waals surface area (Å²) in [7, 11) is -4.15. The summed E-state index contributed by atoms with van der Waals surface area (Å²) in [5.74, 6) is -0.00955. The first-order valence-corrected chi connectivity index (χ1v) is 17.1. The standard InChI is InChI=1S/C31H38BrN3O5S2/c1-6-40-27-12-10-26(11-13-27)35(42(38,39)29-16-14-28(41-5)15-17-29)21-30(36)34(20-24-8-7-9-25(32)18-24)23(4)31(37)33-19-22(2)3/h7-18,22-23H,6,19-21H2,1-5H3,(H,33,37)/t23-/m1/s1. The fraction of sp³-hybridized carbons (Fsp3) is 0.355. The smallest absolute Gasteiger partial charge is 0.264 e. The highest BCUT2D eigenvalue weighted by Gasteiger charge is 2.32. The first-order valence-electron chi connectivity index (χ1n) is 13.7. The zero-order valence-corrected chi connectivity index (χ0v) is 27.8. The highest BCUT2D eigenvalue weighted by Crippen LogP contribution is 2.28. The summed E-state index contributed by atoms with van der Waals surface area (Å²) in [4.78, 5) is 29.6. The molecule has 0 fully saturated rings. The minimum atomic E-state index is -4.15. The van der Waals surface area contributed by atoms with E-state index < -0.39 is 28.5 Å². The van der Waals surface area contributed by atoms with Crippen LogP contribution >= 0.6 is 27.7 Å². The number of carbonyl (C=O) groups excluding carboxylic acids is 2. The molecule has 0 aliphatic carbocycles. The molecular formula is C31H38BrN3O5S2. The molecule has 0 unspecified atom stereocenters. The molecule has 0 aliphatic heterocycles. The molecule has 0 spiro atoms. The Kier molecular flexibility index (Phi) is 12.3. The van der Waals surface area contributed by atoms with Crippen LogP contribution in [-0.4, -0.2) is 57.1 Å². The van der Waals surface area contributed by atoms with Crippen LogP contribution in [0.1, 0.15) is 33.3 Å². The van der Waals surface area contributed by atoms with E-state index in [9.17, 15) is 18.0 Å². The van der Waals surface area contributed by atoms with Gasteiger partial charge in [0, 0.05) is 22.5 Å². The van der Waals surface area contributed by atoms with E-state index >= 15 is 0 Å². The Morgan fingerprint density at radius 3 is 2.24 bits per heavy atom. The summed E-state index contributed by atoms with van der Waals surface area (Å²) < 4.78 is 35.5. The van der Waals surface area contributed by atoms with Crippen LogP contribution in [0.2, 0.25) is 0 Å². The van der Waals surface area contributed by atoms with Gasteiger partial charge in [-0.1, -0.05) is 41.9 Å². The lowest BCUT2D eigenvalue weighted by Gasteiger charge is -2.32. The molecule has 0 saturated carbocycles. The predicted molar refractivity (Wildman–Crippen MR) is 172 cm³/mol. The van der Waals surface area contributed by atoms with Crippen molar-refractivity contribution in [3.05, 3.63) is 82.8 Å². The van der Waals surface area contributed by atoms with E-state index in [2.05, 4.69) is 21.2 Å². The molecule has 3 rings (SSSR count). The van der Waals surface area contributed by atoms with Gasteiger partial charge in [0.15, 0.2) is 0 Å². The molecular weight excluding hydrogens is 638 g/mol. The summed E-state index contributed by atoms with van der Waals surface area (Å²) in [6.07, 6.45) is 1.91. The first-order chi connectivity index (χ1) is 20.0. The molecule has 0 saturated heterocycles. The fourth-order valence-electron chi connectivity index (χ4n) is 4.15. The fourth-order valence-corrected chi connectivity index (χ4v) is 6.42. The molecule has 0 heterocycles. The van der Waals surface area contributed by atoms with Crippen molar-refractivity contribution in [1.82, 2.24) is 10.2 Å². The second kappa shape index (κ2) is 15.5. The normalized spacial score (nSPS) is 12.1. The molecule has 1 N–H and O–H groups in total. The average molecular weight is 677 g/mol. The third-order valence-corrected chi connectivity index (χ3v) is 9.48. The van der Waals surface area contributed by atoms with Crippen LogP contribution in [0.15, 0.2) is 87.1 Å². The van der Waals surface area contributed by atoms with Gasteiger partial charge >= 0.3 is 0 Å². The van der Waals surface area contributed by atoms with Gasteiger partial charge in [-0.05, 0) is 92.2 Å². The van der Waals surface area contributed by atoms with Gasteiger partial charge in [0.25, 0.3) is 10.0 Å². The van der Waals surface area contributed by atoms with Crippen molar-refractivity contribution in [3.63, 3.8) is 0 Å². The molecule has 3 aromatic rings. The van der Waals surface area contributed by atoms with Gasteiger partial charge < -0.3 is 15.0 Å². The number of carbonyl (C=O) groups is 2. The molecule has 0 radical (unpaired) electrons. The molecule has 0 bridgehead atoms. The van der Waals surface area contributed by atoms with E-state index in [-0.39, 0.29) is 23.3 Å². The highest BCUT2D eigenvalue weighted by molar-refractivity contribution is 9.10. The second-order valence-electron chi connectivity index (χ2n) is 10.1. The van der Waals surface area contributed by atoms with Gasteiger partial charge in [0.1, 0.15) is 18.3 Å². The predicted octanol–water partition coefficient (Wildman–Crippen LogP) is 5.95. The lowest BCUT2D eigenvalue weighted by Crippen LogP contribution is -2.51. The molecule has 226 valence electrons. The van der Waals surface area contributed by atoms with E-state index in [1.807, 2.05) is 51.3 Å². The van der Waals surface area contributed by atoms with E-state index in [4.69, 9.17) is 4.74 Å². The number of nitrogens with zero attached hydrogens (tertiary/aromatic N) is 2. The van der Waals surface area contributed by atoms with Crippen molar-refractivity contribution < 1.29 is 22.7 Å². The minimum absolute atomic E-state index is 0.0586. The van der Waals surface area contributed by atoms with Crippen LogP contribution in [0.25, 0.3) is 0 Å². The molecule has 0 aliphatic rings. The van der Waals surface area contributed by atoms with Crippen molar-refractivity contribution in [2.24, 2.45) is 5.92 Å². The summed E-state index contributed by atoms with van der Waals surface area (Å²) in [6.45, 7) is 8.03. The summed E-state index contributed by atoms with van der Waals surface area (Å²) in [6, 6.07) is 19.7. The zero-order valence-electron chi connectivity index (χ0n) is 24.5. The van der Waals surface area contributed by atoms with Crippen LogP contribution in [-0.2, 0) is 26.2 Å². The van der Waals surface area contributed by atoms with Crippen LogP contribution in [0.5, 0.6) is 5.75 Å². The third kappa shape index (κ3) is 8.99. The summed E-state index contributed by atoms with van der Waals surface area (Å²) in [5, 5.41) is 2.89. The minimum Gasteiger partial charge on any atom is -0.494 e. The quantitative estimate of drug-likeness (QED) is 0.212. The monoisotopic (exact) mass is 675 g/mol. The topological polar surface area (TPSA) is 96.0 Å². The van der Waals surface area contributed by atoms with Gasteiger partial charge in [-0.25, -0.2) is 8.42 Å². The van der Waals surface area contributed by atoms with E-state index in [1.165, 1.54) is 28.8 Å². The van der Waals surface area contributed by atoms with Crippen LogP contribution in [0, 0.1) is 5.92 Å². The lowest BCUT2D eigenvalue weighted by atomic mass is 10.1. The number of thioether (sulfide) groups is 1. The Bertz CT molecular complexity index is 1450. The largest absolute Gasteiger partial charge is 0.494 e. The number of sulfonamides is 1. The van der Waals surface area contributed by atoms with Gasteiger partial charge in [-0.15, -0.1) is 11.8 Å². The van der Waals surface area contributed by atoms with Crippen LogP contribution < -0.4 is 14.4 Å². The Balaban J connectivity index is 2.02. The summed E-state index contributed by atoms with van der Waals surface area (Å²) in [5.41, 5.74) is 1.10. The molecule has 11 heteroatoms. The zero-order chi connectivity index (χ0) is 30.9. The molecule has 2 amide bonds. The molecule has 0 aromatic heterocycles. The maximum atomic E-state index is 14.0. The Morgan fingerprint density at radius 1 is 1.00 bits per heavy atom. The molecule has 42 heavy (non-hydrogen) atoms. The van der Waals surface area contributed by atoms with E-state index in [1.54, 1.807) is 43.3 Å². The number of benzene rings is 3. The Labute approximate surface area is 262 Å². The number of amides is 2. The van der Waals surface area contributed by atoms with Crippen molar-refractivity contribution in [1.29, 1.82) is 0 Å². The first kappa shape index (κ1) is 33.5. The number of hydrogen-bond acceptors (Lipinski definition) is 6. The van der Waals surface area contributed by atoms with Gasteiger partial charge in [0.2, 0.25) is 11.8 Å². The highest BCUT2D eigenvalue weighted by atomic mass is 79.9. The average Bonchev–Trinajstić information content (AvgIpc) is 2.97. The van der Waals surface area contributed by atoms with Crippen molar-refractivity contribution >= 4 is 55.2 Å². The third-order valence-electron chi connectivity index (χ3n) is 6.46. The van der Waals surface area contributed by atoms with E-state index in [0.717, 1.165) is 19.2 Å². The molecule has 1 atom stereocenters. The van der Waals surface area contributed by atoms with Gasteiger partial charge in [-0.2, -0.15) is 0 Å². The van der Waals surface area contributed by atoms with Crippen molar-refractivity contribution in [2.75, 3.05) is 30.3 Å². The number of ether oxygens (including phenoxy) is 1. The van der Waals surface area contributed by atoms with Crippen LogP contribution in [0.3, 0.4) is 0 Å². The maximum Gasteiger partial charge on any atom is 0.264 e. The Hall–Kier alpha value is -3.02. The molecule has 3 aromatic carbocycles. The molecule has 8 nitrogen and oxygen atoms in total.